The van der Waals surface area contributed by atoms with Gasteiger partial charge in [0, 0.05) is 0 Å². The van der Waals surface area contributed by atoms with Gasteiger partial charge < -0.3 is 28.5 Å². The van der Waals surface area contributed by atoms with E-state index < -0.39 is 30.1 Å². The van der Waals surface area contributed by atoms with Crippen LogP contribution in [0.2, 0.25) is 0 Å². The number of hydrogen-bond acceptors (Lipinski definition) is 6. The van der Waals surface area contributed by atoms with E-state index in [1.54, 1.807) is 13.8 Å². The Balaban J connectivity index is 1.89. The molecule has 0 aliphatic carbocycles. The van der Waals surface area contributed by atoms with E-state index in [1.165, 1.54) is 0 Å². The topological polar surface area (TPSA) is 63.2 Å². The van der Waals surface area contributed by atoms with Crippen LogP contribution < -0.4 is 0 Å². The molecular formula is C12H18O6. The van der Waals surface area contributed by atoms with Gasteiger partial charge in [0.05, 0.1) is 0 Å². The van der Waals surface area contributed by atoms with E-state index in [1.807, 2.05) is 13.8 Å². The van der Waals surface area contributed by atoms with Gasteiger partial charge in [-0.1, -0.05) is 0 Å². The number of rotatable bonds is 1. The molecule has 3 heterocycles. The minimum Gasteiger partial charge on any atom is -0.342 e. The monoisotopic (exact) mass is 258 g/mol. The summed E-state index contributed by atoms with van der Waals surface area (Å²) >= 11 is 0. The highest BCUT2D eigenvalue weighted by Crippen LogP contribution is 2.43. The molecule has 6 nitrogen and oxygen atoms in total. The van der Waals surface area contributed by atoms with Crippen LogP contribution in [0.1, 0.15) is 27.7 Å². The lowest BCUT2D eigenvalue weighted by molar-refractivity contribution is -0.226. The second-order valence-electron chi connectivity index (χ2n) is 5.77. The average molecular weight is 258 g/mol. The summed E-state index contributed by atoms with van der Waals surface area (Å²) in [5.41, 5.74) is 0. The molecule has 0 saturated carbocycles. The fourth-order valence-corrected chi connectivity index (χ4v) is 2.75. The van der Waals surface area contributed by atoms with Crippen molar-refractivity contribution in [3.63, 3.8) is 0 Å². The van der Waals surface area contributed by atoms with Gasteiger partial charge in [-0.25, -0.2) is 0 Å². The summed E-state index contributed by atoms with van der Waals surface area (Å²) in [6.45, 7) is 7.23. The van der Waals surface area contributed by atoms with Crippen LogP contribution in [0.15, 0.2) is 0 Å². The van der Waals surface area contributed by atoms with Gasteiger partial charge in [0.15, 0.2) is 24.2 Å². The number of aldehydes is 1. The predicted octanol–water partition coefficient (Wildman–Crippen LogP) is 0.582. The van der Waals surface area contributed by atoms with Crippen LogP contribution >= 0.6 is 0 Å². The first-order chi connectivity index (χ1) is 8.31. The maximum Gasteiger partial charge on any atom is 0.190 e. The van der Waals surface area contributed by atoms with Gasteiger partial charge in [-0.15, -0.1) is 0 Å². The van der Waals surface area contributed by atoms with E-state index in [4.69, 9.17) is 23.7 Å². The highest BCUT2D eigenvalue weighted by molar-refractivity contribution is 5.58. The summed E-state index contributed by atoms with van der Waals surface area (Å²) in [6, 6.07) is 0. The molecule has 0 spiro atoms. The van der Waals surface area contributed by atoms with Gasteiger partial charge >= 0.3 is 0 Å². The Hall–Kier alpha value is -0.530. The van der Waals surface area contributed by atoms with E-state index in [2.05, 4.69) is 0 Å². The normalized spacial score (nSPS) is 48.6. The van der Waals surface area contributed by atoms with Gasteiger partial charge in [0.1, 0.15) is 24.4 Å². The zero-order chi connectivity index (χ0) is 13.1. The molecule has 0 N–H and O–H groups in total. The maximum absolute atomic E-state index is 11.1. The highest BCUT2D eigenvalue weighted by Gasteiger charge is 2.60. The third-order valence-electron chi connectivity index (χ3n) is 3.32. The summed E-state index contributed by atoms with van der Waals surface area (Å²) in [6.07, 6.45) is -1.72. The van der Waals surface area contributed by atoms with E-state index in [0.717, 1.165) is 6.29 Å². The minimum absolute atomic E-state index is 0.351. The fraction of sp³-hybridized carbons (Fsp3) is 0.917. The van der Waals surface area contributed by atoms with Crippen molar-refractivity contribution < 1.29 is 28.5 Å². The van der Waals surface area contributed by atoms with Gasteiger partial charge in [-0.3, -0.25) is 0 Å². The van der Waals surface area contributed by atoms with Crippen LogP contribution in [0, 0.1) is 0 Å². The molecule has 0 aromatic heterocycles. The first-order valence-corrected chi connectivity index (χ1v) is 6.13. The molecular weight excluding hydrogens is 240 g/mol. The Kier molecular flexibility index (Phi) is 2.60. The molecule has 6 heteroatoms. The largest absolute Gasteiger partial charge is 0.342 e. The molecule has 0 aromatic carbocycles. The summed E-state index contributed by atoms with van der Waals surface area (Å²) in [4.78, 5) is 11.1. The first-order valence-electron chi connectivity index (χ1n) is 6.13. The van der Waals surface area contributed by atoms with Crippen molar-refractivity contribution in [3.8, 4) is 0 Å². The molecule has 3 saturated heterocycles. The van der Waals surface area contributed by atoms with Crippen molar-refractivity contribution in [1.29, 1.82) is 0 Å². The van der Waals surface area contributed by atoms with Gasteiger partial charge in [-0.05, 0) is 27.7 Å². The summed E-state index contributed by atoms with van der Waals surface area (Å²) in [5.74, 6) is -1.49. The third kappa shape index (κ3) is 1.88. The number of carbonyl (C=O) groups excluding carboxylic acids is 1. The van der Waals surface area contributed by atoms with Crippen LogP contribution in [0.4, 0.5) is 0 Å². The zero-order valence-corrected chi connectivity index (χ0v) is 10.9. The minimum atomic E-state index is -0.745. The Morgan fingerprint density at radius 3 is 2.06 bits per heavy atom. The Bertz CT molecular complexity index is 366. The van der Waals surface area contributed by atoms with Crippen molar-refractivity contribution in [2.75, 3.05) is 0 Å². The molecule has 5 atom stereocenters. The van der Waals surface area contributed by atoms with Crippen molar-refractivity contribution in [2.45, 2.75) is 70.0 Å². The Labute approximate surface area is 105 Å². The lowest BCUT2D eigenvalue weighted by Crippen LogP contribution is -2.55. The predicted molar refractivity (Wildman–Crippen MR) is 58.6 cm³/mol. The molecule has 18 heavy (non-hydrogen) atoms. The Morgan fingerprint density at radius 2 is 1.39 bits per heavy atom. The number of hydrogen-bond donors (Lipinski definition) is 0. The van der Waals surface area contributed by atoms with E-state index >= 15 is 0 Å². The first kappa shape index (κ1) is 12.5. The molecule has 0 radical (unpaired) electrons. The summed E-state index contributed by atoms with van der Waals surface area (Å²) in [5, 5.41) is 0. The standard InChI is InChI=1S/C12H18O6/c1-11(2)15-7-6(5-13)14-10-9(8(7)16-11)17-12(3,4)18-10/h5-10H,1-4H3/t6-,7+,8+,9?,10?/m0/s1. The molecule has 3 fully saturated rings. The van der Waals surface area contributed by atoms with Crippen LogP contribution in [0.5, 0.6) is 0 Å². The summed E-state index contributed by atoms with van der Waals surface area (Å²) in [7, 11) is 0. The molecule has 3 rings (SSSR count). The molecule has 0 aromatic rings. The van der Waals surface area contributed by atoms with E-state index in [9.17, 15) is 4.79 Å². The molecule has 102 valence electrons. The van der Waals surface area contributed by atoms with Crippen LogP contribution in [0.3, 0.4) is 0 Å². The van der Waals surface area contributed by atoms with Crippen LogP contribution in [-0.4, -0.2) is 48.6 Å². The van der Waals surface area contributed by atoms with Crippen LogP contribution in [0.25, 0.3) is 0 Å². The highest BCUT2D eigenvalue weighted by atomic mass is 16.9. The van der Waals surface area contributed by atoms with Crippen molar-refractivity contribution in [1.82, 2.24) is 0 Å². The number of fused-ring (bicyclic) bond motifs is 3. The quantitative estimate of drug-likeness (QED) is 0.641. The molecule has 3 aliphatic rings. The molecule has 3 aliphatic heterocycles. The van der Waals surface area contributed by atoms with Crippen molar-refractivity contribution in [2.24, 2.45) is 0 Å². The van der Waals surface area contributed by atoms with Crippen molar-refractivity contribution >= 4 is 6.29 Å². The van der Waals surface area contributed by atoms with Crippen molar-refractivity contribution in [3.05, 3.63) is 0 Å². The molecule has 0 bridgehead atoms. The van der Waals surface area contributed by atoms with Gasteiger partial charge in [0.2, 0.25) is 0 Å². The molecule has 0 amide bonds. The van der Waals surface area contributed by atoms with Crippen LogP contribution in [-0.2, 0) is 28.5 Å². The van der Waals surface area contributed by atoms with E-state index in [-0.39, 0.29) is 12.2 Å². The number of carbonyl (C=O) groups is 1. The Morgan fingerprint density at radius 1 is 0.833 bits per heavy atom. The fourth-order valence-electron chi connectivity index (χ4n) is 2.75. The van der Waals surface area contributed by atoms with Gasteiger partial charge in [0.25, 0.3) is 0 Å². The second kappa shape index (κ2) is 3.74. The molecule has 2 unspecified atom stereocenters. The van der Waals surface area contributed by atoms with E-state index in [0.29, 0.717) is 0 Å². The van der Waals surface area contributed by atoms with Gasteiger partial charge in [-0.2, -0.15) is 0 Å². The maximum atomic E-state index is 11.1. The average Bonchev–Trinajstić information content (AvgIpc) is 2.71. The second-order valence-corrected chi connectivity index (χ2v) is 5.77. The smallest absolute Gasteiger partial charge is 0.190 e. The number of ether oxygens (including phenoxy) is 5. The summed E-state index contributed by atoms with van der Waals surface area (Å²) < 4.78 is 28.5. The lowest BCUT2D eigenvalue weighted by atomic mass is 10.00. The SMILES string of the molecule is CC1(C)OC2O[C@@H](C=O)[C@H]3OC(C)(C)O[C@H]3C2O1. The third-order valence-corrected chi connectivity index (χ3v) is 3.32. The lowest BCUT2D eigenvalue weighted by Gasteiger charge is -2.34. The zero-order valence-electron chi connectivity index (χ0n) is 10.9.